The number of Topliss-reactive ketones (excluding diaryl/α,β-unsaturated/α-hetero) is 1. The molecule has 2 aliphatic carbocycles. The molecule has 300 valence electrons. The Bertz CT molecular complexity index is 2360. The average molecular weight is 806 g/mol. The molecule has 10 nitrogen and oxygen atoms in total. The number of carboxylic acids is 1. The van der Waals surface area contributed by atoms with Crippen molar-refractivity contribution in [3.05, 3.63) is 105 Å². The first-order valence-electron chi connectivity index (χ1n) is 20.6. The van der Waals surface area contributed by atoms with Gasteiger partial charge in [-0.3, -0.25) is 13.6 Å². The summed E-state index contributed by atoms with van der Waals surface area (Å²) in [6.07, 6.45) is 15.2. The summed E-state index contributed by atoms with van der Waals surface area (Å²) in [4.78, 5) is 41.8. The quantitative estimate of drug-likeness (QED) is 0.132. The van der Waals surface area contributed by atoms with Crippen LogP contribution >= 0.6 is 22.7 Å². The molecule has 6 heterocycles. The Morgan fingerprint density at radius 3 is 1.54 bits per heavy atom. The van der Waals surface area contributed by atoms with E-state index in [0.717, 1.165) is 39.0 Å². The standard InChI is InChI=1S/C23H27N3OS.C13H18N2.C9H10N2O2S/c1-3-19-21(26-13-16(2)28-22(26)24-19)20(27)10-7-17-5-8-18(9-6-17)25-14-23(15-25)11-4-12-23;14-8-11-2-4-12(5-3-11)15-9-13(10-15)6-1-7-13;1-3-6-7(8(12)13)11-4-5(2)14-9(11)10-6/h5-6,8-9,13H,3-4,7,10-12,14-15H2,1-2H3;2-5H,1,6-10,14H2;4H,3H2,1-2H3,(H,12,13). The molecule has 2 aliphatic heterocycles. The average Bonchev–Trinajstić information content (AvgIpc) is 3.87. The summed E-state index contributed by atoms with van der Waals surface area (Å²) in [7, 11) is 0. The highest BCUT2D eigenvalue weighted by molar-refractivity contribution is 7.17. The van der Waals surface area contributed by atoms with Crippen LogP contribution in [0.3, 0.4) is 0 Å². The van der Waals surface area contributed by atoms with E-state index >= 15 is 0 Å². The van der Waals surface area contributed by atoms with Gasteiger partial charge < -0.3 is 20.6 Å². The van der Waals surface area contributed by atoms with E-state index in [0.29, 0.717) is 41.6 Å². The number of carbonyl (C=O) groups excluding carboxylic acids is 1. The van der Waals surface area contributed by atoms with Gasteiger partial charge in [-0.2, -0.15) is 0 Å². The number of carbonyl (C=O) groups is 2. The summed E-state index contributed by atoms with van der Waals surface area (Å²) in [5.41, 5.74) is 14.8. The number of thiazole rings is 2. The molecular weight excluding hydrogens is 751 g/mol. The van der Waals surface area contributed by atoms with Gasteiger partial charge in [-0.25, -0.2) is 14.8 Å². The molecule has 10 rings (SSSR count). The van der Waals surface area contributed by atoms with E-state index in [2.05, 4.69) is 82.1 Å². The third-order valence-electron chi connectivity index (χ3n) is 12.6. The highest BCUT2D eigenvalue weighted by Crippen LogP contribution is 2.50. The van der Waals surface area contributed by atoms with Crippen LogP contribution in [-0.4, -0.2) is 61.8 Å². The number of aromatic carboxylic acids is 1. The first kappa shape index (κ1) is 39.3. The van der Waals surface area contributed by atoms with Gasteiger partial charge in [-0.05, 0) is 94.2 Å². The maximum Gasteiger partial charge on any atom is 0.354 e. The monoisotopic (exact) mass is 805 g/mol. The van der Waals surface area contributed by atoms with Crippen LogP contribution in [0, 0.1) is 24.7 Å². The van der Waals surface area contributed by atoms with Gasteiger partial charge in [0.25, 0.3) is 0 Å². The minimum Gasteiger partial charge on any atom is -0.477 e. The molecule has 4 fully saturated rings. The zero-order valence-electron chi connectivity index (χ0n) is 33.7. The molecule has 0 amide bonds. The molecule has 6 aromatic rings. The Morgan fingerprint density at radius 1 is 0.702 bits per heavy atom. The van der Waals surface area contributed by atoms with E-state index in [-0.39, 0.29) is 5.78 Å². The van der Waals surface area contributed by atoms with Crippen LogP contribution < -0.4 is 15.5 Å². The third kappa shape index (κ3) is 7.88. The zero-order valence-corrected chi connectivity index (χ0v) is 35.4. The van der Waals surface area contributed by atoms with Crippen molar-refractivity contribution in [2.45, 2.75) is 98.4 Å². The van der Waals surface area contributed by atoms with Gasteiger partial charge in [0, 0.05) is 83.5 Å². The second-order valence-corrected chi connectivity index (χ2v) is 19.1. The topological polar surface area (TPSA) is 121 Å². The summed E-state index contributed by atoms with van der Waals surface area (Å²) < 4.78 is 3.64. The van der Waals surface area contributed by atoms with E-state index in [9.17, 15) is 9.59 Å². The molecule has 57 heavy (non-hydrogen) atoms. The number of nitrogens with two attached hydrogens (primary N) is 1. The first-order valence-corrected chi connectivity index (χ1v) is 22.2. The van der Waals surface area contributed by atoms with Crippen molar-refractivity contribution in [3.8, 4) is 0 Å². The predicted octanol–water partition coefficient (Wildman–Crippen LogP) is 9.17. The van der Waals surface area contributed by atoms with Gasteiger partial charge in [-0.15, -0.1) is 22.7 Å². The summed E-state index contributed by atoms with van der Waals surface area (Å²) >= 11 is 3.16. The van der Waals surface area contributed by atoms with Crippen molar-refractivity contribution in [1.82, 2.24) is 18.8 Å². The van der Waals surface area contributed by atoms with Crippen LogP contribution in [0.25, 0.3) is 9.92 Å². The van der Waals surface area contributed by atoms with E-state index in [1.165, 1.54) is 103 Å². The molecule has 12 heteroatoms. The summed E-state index contributed by atoms with van der Waals surface area (Å²) in [5, 5.41) is 9.04. The highest BCUT2D eigenvalue weighted by Gasteiger charge is 2.48. The Hall–Kier alpha value is -4.52. The maximum absolute atomic E-state index is 13.0. The van der Waals surface area contributed by atoms with Crippen molar-refractivity contribution in [2.24, 2.45) is 16.6 Å². The van der Waals surface area contributed by atoms with Crippen molar-refractivity contribution in [3.63, 3.8) is 0 Å². The number of aryl methyl sites for hydroxylation is 5. The summed E-state index contributed by atoms with van der Waals surface area (Å²) in [6, 6.07) is 17.5. The van der Waals surface area contributed by atoms with Crippen LogP contribution in [0.2, 0.25) is 0 Å². The van der Waals surface area contributed by atoms with Crippen LogP contribution in [0.1, 0.15) is 112 Å². The second-order valence-electron chi connectivity index (χ2n) is 16.7. The SMILES string of the molecule is CCc1nc2sc(C)cn2c1C(=O)CCc1ccc(N2CC3(CCC3)C2)cc1.CCc1nc2sc(C)cn2c1C(=O)O.NCc1ccc(N2CC3(CCC3)C2)cc1. The number of anilines is 2. The number of ketones is 1. The lowest BCUT2D eigenvalue weighted by Gasteiger charge is -2.57. The molecule has 0 bridgehead atoms. The molecule has 3 N–H and O–H groups in total. The minimum atomic E-state index is -0.910. The van der Waals surface area contributed by atoms with Crippen molar-refractivity contribution < 1.29 is 14.7 Å². The number of hydrogen-bond donors (Lipinski definition) is 2. The normalized spacial score (nSPS) is 17.3. The Morgan fingerprint density at radius 2 is 1.14 bits per heavy atom. The van der Waals surface area contributed by atoms with Gasteiger partial charge in [0.15, 0.2) is 21.4 Å². The fourth-order valence-electron chi connectivity index (χ4n) is 8.99. The van der Waals surface area contributed by atoms with Crippen molar-refractivity contribution in [1.29, 1.82) is 0 Å². The molecule has 2 aromatic carbocycles. The molecule has 2 saturated heterocycles. The lowest BCUT2D eigenvalue weighted by molar-refractivity contribution is 0.0687. The summed E-state index contributed by atoms with van der Waals surface area (Å²) in [6.45, 7) is 13.6. The fourth-order valence-corrected chi connectivity index (χ4v) is 10.7. The van der Waals surface area contributed by atoms with Gasteiger partial charge in [0.05, 0.1) is 11.4 Å². The van der Waals surface area contributed by atoms with Crippen molar-refractivity contribution in [2.75, 3.05) is 36.0 Å². The molecule has 0 radical (unpaired) electrons. The van der Waals surface area contributed by atoms with Gasteiger partial charge in [0.2, 0.25) is 0 Å². The number of nitrogens with zero attached hydrogens (tertiary/aromatic N) is 6. The Kier molecular flexibility index (Phi) is 11.1. The number of rotatable bonds is 10. The van der Waals surface area contributed by atoms with Crippen LogP contribution in [0.15, 0.2) is 60.9 Å². The second kappa shape index (κ2) is 16.0. The van der Waals surface area contributed by atoms with Crippen LogP contribution in [-0.2, 0) is 25.8 Å². The van der Waals surface area contributed by atoms with Crippen LogP contribution in [0.5, 0.6) is 0 Å². The third-order valence-corrected chi connectivity index (χ3v) is 14.4. The summed E-state index contributed by atoms with van der Waals surface area (Å²) in [5.74, 6) is -0.715. The van der Waals surface area contributed by atoms with Crippen molar-refractivity contribution >= 4 is 55.7 Å². The number of carboxylic acid groups (broad SMARTS) is 1. The number of fused-ring (bicyclic) bond motifs is 2. The largest absolute Gasteiger partial charge is 0.477 e. The molecule has 0 unspecified atom stereocenters. The van der Waals surface area contributed by atoms with Crippen LogP contribution in [0.4, 0.5) is 11.4 Å². The number of benzene rings is 2. The van der Waals surface area contributed by atoms with Gasteiger partial charge >= 0.3 is 5.97 Å². The van der Waals surface area contributed by atoms with E-state index in [4.69, 9.17) is 10.8 Å². The van der Waals surface area contributed by atoms with E-state index in [1.807, 2.05) is 30.6 Å². The van der Waals surface area contributed by atoms with Gasteiger partial charge in [-0.1, -0.05) is 51.0 Å². The molecule has 0 atom stereocenters. The number of imidazole rings is 2. The van der Waals surface area contributed by atoms with E-state index in [1.54, 1.807) is 15.7 Å². The first-order chi connectivity index (χ1) is 27.5. The highest BCUT2D eigenvalue weighted by atomic mass is 32.1. The number of hydrogen-bond acceptors (Lipinski definition) is 9. The van der Waals surface area contributed by atoms with Gasteiger partial charge in [0.1, 0.15) is 5.69 Å². The zero-order chi connectivity index (χ0) is 39.9. The molecule has 4 aliphatic rings. The number of aromatic nitrogens is 4. The lowest BCUT2D eigenvalue weighted by Crippen LogP contribution is -2.59. The minimum absolute atomic E-state index is 0.195. The Balaban J connectivity index is 0.000000132. The fraction of sp³-hybridized carbons (Fsp3) is 0.467. The maximum atomic E-state index is 13.0. The molecule has 4 aromatic heterocycles. The Labute approximate surface area is 343 Å². The lowest BCUT2D eigenvalue weighted by atomic mass is 9.63. The molecule has 2 spiro atoms. The van der Waals surface area contributed by atoms with E-state index < -0.39 is 5.97 Å². The molecule has 2 saturated carbocycles. The molecular formula is C45H55N7O3S2. The predicted molar refractivity (Wildman–Crippen MR) is 232 cm³/mol. The smallest absolute Gasteiger partial charge is 0.354 e.